The lowest BCUT2D eigenvalue weighted by Crippen LogP contribution is -2.26. The molecule has 0 spiro atoms. The van der Waals surface area contributed by atoms with Crippen molar-refractivity contribution in [2.45, 2.75) is 11.3 Å². The standard InChI is InChI=1S/C16H16N2O3S/c1-21-15-8-4-2-6-13(15)10-11-18-22(19,20)16-9-5-3-7-14(16)12-17/h2-9,18H,10-11H2,1H3. The monoisotopic (exact) mass is 316 g/mol. The van der Waals surface area contributed by atoms with Gasteiger partial charge in [0.15, 0.2) is 0 Å². The van der Waals surface area contributed by atoms with E-state index in [4.69, 9.17) is 10.00 Å². The fourth-order valence-electron chi connectivity index (χ4n) is 2.10. The van der Waals surface area contributed by atoms with Gasteiger partial charge < -0.3 is 4.74 Å². The number of methoxy groups -OCH3 is 1. The lowest BCUT2D eigenvalue weighted by atomic mass is 10.1. The van der Waals surface area contributed by atoms with Crippen molar-refractivity contribution in [3.63, 3.8) is 0 Å². The molecule has 0 bridgehead atoms. The van der Waals surface area contributed by atoms with Crippen molar-refractivity contribution < 1.29 is 13.2 Å². The summed E-state index contributed by atoms with van der Waals surface area (Å²) < 4.78 is 32.3. The summed E-state index contributed by atoms with van der Waals surface area (Å²) in [6, 6.07) is 15.5. The molecule has 0 aromatic heterocycles. The van der Waals surface area contributed by atoms with Crippen LogP contribution in [0.25, 0.3) is 0 Å². The number of benzene rings is 2. The number of sulfonamides is 1. The second-order valence-electron chi connectivity index (χ2n) is 4.57. The molecule has 2 aromatic rings. The Morgan fingerprint density at radius 2 is 1.82 bits per heavy atom. The molecule has 0 aliphatic rings. The zero-order valence-electron chi connectivity index (χ0n) is 12.1. The van der Waals surface area contributed by atoms with Crippen molar-refractivity contribution in [1.29, 1.82) is 5.26 Å². The number of hydrogen-bond acceptors (Lipinski definition) is 4. The van der Waals surface area contributed by atoms with Crippen LogP contribution in [0.3, 0.4) is 0 Å². The van der Waals surface area contributed by atoms with Crippen LogP contribution < -0.4 is 9.46 Å². The number of para-hydroxylation sites is 1. The Balaban J connectivity index is 2.09. The van der Waals surface area contributed by atoms with Crippen LogP contribution in [0.4, 0.5) is 0 Å². The van der Waals surface area contributed by atoms with E-state index in [1.807, 2.05) is 30.3 Å². The quantitative estimate of drug-likeness (QED) is 0.885. The van der Waals surface area contributed by atoms with Gasteiger partial charge in [-0.15, -0.1) is 0 Å². The summed E-state index contributed by atoms with van der Waals surface area (Å²) in [6.45, 7) is 0.225. The first-order valence-corrected chi connectivity index (χ1v) is 8.17. The summed E-state index contributed by atoms with van der Waals surface area (Å²) in [5.74, 6) is 0.721. The first-order valence-electron chi connectivity index (χ1n) is 6.69. The summed E-state index contributed by atoms with van der Waals surface area (Å²) in [4.78, 5) is -0.00229. The van der Waals surface area contributed by atoms with Gasteiger partial charge in [-0.2, -0.15) is 5.26 Å². The second kappa shape index (κ2) is 7.07. The van der Waals surface area contributed by atoms with Gasteiger partial charge in [-0.3, -0.25) is 0 Å². The Hall–Kier alpha value is -2.36. The number of rotatable bonds is 6. The van der Waals surface area contributed by atoms with Gasteiger partial charge >= 0.3 is 0 Å². The van der Waals surface area contributed by atoms with Gasteiger partial charge in [-0.25, -0.2) is 13.1 Å². The normalized spacial score (nSPS) is 10.9. The number of nitrogens with zero attached hydrogens (tertiary/aromatic N) is 1. The largest absolute Gasteiger partial charge is 0.496 e. The van der Waals surface area contributed by atoms with Gasteiger partial charge in [0.1, 0.15) is 11.8 Å². The zero-order chi connectivity index (χ0) is 16.0. The third kappa shape index (κ3) is 3.64. The van der Waals surface area contributed by atoms with Crippen molar-refractivity contribution in [2.24, 2.45) is 0 Å². The fourth-order valence-corrected chi connectivity index (χ4v) is 3.29. The van der Waals surface area contributed by atoms with Gasteiger partial charge in [-0.05, 0) is 30.2 Å². The van der Waals surface area contributed by atoms with E-state index in [0.29, 0.717) is 6.42 Å². The van der Waals surface area contributed by atoms with Crippen molar-refractivity contribution in [3.05, 3.63) is 59.7 Å². The van der Waals surface area contributed by atoms with Crippen LogP contribution in [0.15, 0.2) is 53.4 Å². The molecule has 5 nitrogen and oxygen atoms in total. The van der Waals surface area contributed by atoms with E-state index in [1.54, 1.807) is 19.2 Å². The minimum absolute atomic E-state index is 0.00229. The van der Waals surface area contributed by atoms with Gasteiger partial charge in [0.2, 0.25) is 10.0 Å². The maximum atomic E-state index is 12.3. The van der Waals surface area contributed by atoms with E-state index in [1.165, 1.54) is 12.1 Å². The number of ether oxygens (including phenoxy) is 1. The highest BCUT2D eigenvalue weighted by molar-refractivity contribution is 7.89. The van der Waals surface area contributed by atoms with Gasteiger partial charge in [0, 0.05) is 6.54 Å². The average molecular weight is 316 g/mol. The molecule has 0 fully saturated rings. The van der Waals surface area contributed by atoms with E-state index in [9.17, 15) is 8.42 Å². The van der Waals surface area contributed by atoms with Crippen LogP contribution in [0.1, 0.15) is 11.1 Å². The van der Waals surface area contributed by atoms with E-state index >= 15 is 0 Å². The molecule has 22 heavy (non-hydrogen) atoms. The zero-order valence-corrected chi connectivity index (χ0v) is 12.9. The first-order chi connectivity index (χ1) is 10.6. The first kappa shape index (κ1) is 16.0. The van der Waals surface area contributed by atoms with Crippen LogP contribution in [0.2, 0.25) is 0 Å². The Bertz CT molecular complexity index is 795. The summed E-state index contributed by atoms with van der Waals surface area (Å²) in [5.41, 5.74) is 1.05. The Kier molecular flexibility index (Phi) is 5.15. The summed E-state index contributed by atoms with van der Waals surface area (Å²) >= 11 is 0. The smallest absolute Gasteiger partial charge is 0.241 e. The summed E-state index contributed by atoms with van der Waals surface area (Å²) in [7, 11) is -2.13. The van der Waals surface area contributed by atoms with Crippen LogP contribution in [0, 0.1) is 11.3 Å². The van der Waals surface area contributed by atoms with E-state index in [0.717, 1.165) is 11.3 Å². The van der Waals surface area contributed by atoms with E-state index in [2.05, 4.69) is 4.72 Å². The molecule has 1 N–H and O–H groups in total. The van der Waals surface area contributed by atoms with E-state index < -0.39 is 10.0 Å². The molecule has 0 radical (unpaired) electrons. The molecule has 0 unspecified atom stereocenters. The highest BCUT2D eigenvalue weighted by atomic mass is 32.2. The van der Waals surface area contributed by atoms with Crippen molar-refractivity contribution in [2.75, 3.05) is 13.7 Å². The summed E-state index contributed by atoms with van der Waals surface area (Å²) in [6.07, 6.45) is 0.498. The molecule has 0 aliphatic heterocycles. The molecule has 2 rings (SSSR count). The Morgan fingerprint density at radius 1 is 1.14 bits per heavy atom. The summed E-state index contributed by atoms with van der Waals surface area (Å²) in [5, 5.41) is 8.99. The van der Waals surface area contributed by atoms with Gasteiger partial charge in [0.05, 0.1) is 17.6 Å². The highest BCUT2D eigenvalue weighted by Gasteiger charge is 2.17. The van der Waals surface area contributed by atoms with Crippen molar-refractivity contribution >= 4 is 10.0 Å². The second-order valence-corrected chi connectivity index (χ2v) is 6.30. The third-order valence-electron chi connectivity index (χ3n) is 3.18. The molecule has 6 heteroatoms. The molecule has 0 aliphatic carbocycles. The lowest BCUT2D eigenvalue weighted by Gasteiger charge is -2.10. The van der Waals surface area contributed by atoms with Crippen LogP contribution >= 0.6 is 0 Å². The number of nitrogens with one attached hydrogen (secondary N) is 1. The Morgan fingerprint density at radius 3 is 2.55 bits per heavy atom. The molecule has 0 heterocycles. The van der Waals surface area contributed by atoms with Gasteiger partial charge in [-0.1, -0.05) is 30.3 Å². The predicted molar refractivity (Wildman–Crippen MR) is 83.0 cm³/mol. The predicted octanol–water partition coefficient (Wildman–Crippen LogP) is 2.09. The number of hydrogen-bond donors (Lipinski definition) is 1. The topological polar surface area (TPSA) is 79.2 Å². The molecule has 114 valence electrons. The molecule has 0 saturated heterocycles. The van der Waals surface area contributed by atoms with Crippen LogP contribution in [-0.4, -0.2) is 22.1 Å². The minimum atomic E-state index is -3.71. The fraction of sp³-hybridized carbons (Fsp3) is 0.188. The molecule has 0 amide bonds. The van der Waals surface area contributed by atoms with Crippen LogP contribution in [-0.2, 0) is 16.4 Å². The molecule has 0 atom stereocenters. The maximum absolute atomic E-state index is 12.3. The lowest BCUT2D eigenvalue weighted by molar-refractivity contribution is 0.409. The minimum Gasteiger partial charge on any atom is -0.496 e. The molecule has 0 saturated carbocycles. The number of nitriles is 1. The van der Waals surface area contributed by atoms with Gasteiger partial charge in [0.25, 0.3) is 0 Å². The SMILES string of the molecule is COc1ccccc1CCNS(=O)(=O)c1ccccc1C#N. The average Bonchev–Trinajstić information content (AvgIpc) is 2.55. The molecular weight excluding hydrogens is 300 g/mol. The van der Waals surface area contributed by atoms with E-state index in [-0.39, 0.29) is 17.0 Å². The molecular formula is C16H16N2O3S. The van der Waals surface area contributed by atoms with Crippen molar-refractivity contribution in [3.8, 4) is 11.8 Å². The maximum Gasteiger partial charge on any atom is 0.241 e. The highest BCUT2D eigenvalue weighted by Crippen LogP contribution is 2.18. The molecule has 2 aromatic carbocycles. The third-order valence-corrected chi connectivity index (χ3v) is 4.70. The Labute approximate surface area is 130 Å². The van der Waals surface area contributed by atoms with Crippen molar-refractivity contribution in [1.82, 2.24) is 4.72 Å². The van der Waals surface area contributed by atoms with Crippen LogP contribution in [0.5, 0.6) is 5.75 Å².